The standard InChI is InChI=1S/C21H13ClINO3S/c22-17-4-2-1-3-14(17)12-24-20(25)19(28-21(24)26)11-16-9-10-18(27-16)13-5-7-15(23)8-6-13/h1-11H,12H2/b19-11-. The Hall–Kier alpha value is -2.03. The fraction of sp³-hybridized carbons (Fsp3) is 0.0476. The van der Waals surface area contributed by atoms with Crippen molar-refractivity contribution in [2.45, 2.75) is 6.54 Å². The molecule has 7 heteroatoms. The third-order valence-electron chi connectivity index (χ3n) is 4.19. The van der Waals surface area contributed by atoms with E-state index in [1.54, 1.807) is 24.3 Å². The number of imide groups is 1. The van der Waals surface area contributed by atoms with Gasteiger partial charge < -0.3 is 4.42 Å². The number of rotatable bonds is 4. The predicted molar refractivity (Wildman–Crippen MR) is 120 cm³/mol. The summed E-state index contributed by atoms with van der Waals surface area (Å²) in [6.07, 6.45) is 1.60. The Morgan fingerprint density at radius 2 is 1.79 bits per heavy atom. The van der Waals surface area contributed by atoms with Crippen molar-refractivity contribution >= 4 is 63.2 Å². The topological polar surface area (TPSA) is 50.5 Å². The van der Waals surface area contributed by atoms with E-state index in [0.29, 0.717) is 21.4 Å². The molecule has 140 valence electrons. The van der Waals surface area contributed by atoms with Gasteiger partial charge in [-0.3, -0.25) is 14.5 Å². The summed E-state index contributed by atoms with van der Waals surface area (Å²) in [5, 5.41) is 0.208. The highest BCUT2D eigenvalue weighted by Crippen LogP contribution is 2.35. The van der Waals surface area contributed by atoms with Crippen molar-refractivity contribution in [3.8, 4) is 11.3 Å². The quantitative estimate of drug-likeness (QED) is 0.293. The van der Waals surface area contributed by atoms with Gasteiger partial charge >= 0.3 is 0 Å². The summed E-state index contributed by atoms with van der Waals surface area (Å²) in [5.41, 5.74) is 1.68. The lowest BCUT2D eigenvalue weighted by Gasteiger charge is -2.13. The Kier molecular flexibility index (Phi) is 5.61. The first-order valence-electron chi connectivity index (χ1n) is 8.36. The Bertz CT molecular complexity index is 1090. The minimum atomic E-state index is -0.345. The van der Waals surface area contributed by atoms with Crippen LogP contribution in [0.15, 0.2) is 70.0 Å². The first-order valence-corrected chi connectivity index (χ1v) is 10.6. The largest absolute Gasteiger partial charge is 0.457 e. The van der Waals surface area contributed by atoms with E-state index in [-0.39, 0.29) is 17.7 Å². The second-order valence-electron chi connectivity index (χ2n) is 6.07. The molecule has 1 aliphatic heterocycles. The molecule has 2 amide bonds. The lowest BCUT2D eigenvalue weighted by Crippen LogP contribution is -2.27. The van der Waals surface area contributed by atoms with E-state index in [9.17, 15) is 9.59 Å². The minimum absolute atomic E-state index is 0.147. The lowest BCUT2D eigenvalue weighted by atomic mass is 10.2. The first kappa shape index (κ1) is 19.3. The Morgan fingerprint density at radius 3 is 2.54 bits per heavy atom. The molecule has 1 saturated heterocycles. The van der Waals surface area contributed by atoms with E-state index >= 15 is 0 Å². The number of nitrogens with zero attached hydrogens (tertiary/aromatic N) is 1. The van der Waals surface area contributed by atoms with Crippen LogP contribution in [0.1, 0.15) is 11.3 Å². The van der Waals surface area contributed by atoms with Gasteiger partial charge in [0.2, 0.25) is 0 Å². The highest BCUT2D eigenvalue weighted by molar-refractivity contribution is 14.1. The van der Waals surface area contributed by atoms with Crippen LogP contribution in [0.2, 0.25) is 5.02 Å². The summed E-state index contributed by atoms with van der Waals surface area (Å²) in [7, 11) is 0. The Balaban J connectivity index is 1.54. The molecule has 0 saturated carbocycles. The molecule has 0 radical (unpaired) electrons. The fourth-order valence-corrected chi connectivity index (χ4v) is 4.14. The van der Waals surface area contributed by atoms with E-state index in [2.05, 4.69) is 22.6 Å². The lowest BCUT2D eigenvalue weighted by molar-refractivity contribution is -0.123. The molecule has 0 aliphatic carbocycles. The van der Waals surface area contributed by atoms with Gasteiger partial charge in [-0.2, -0.15) is 0 Å². The zero-order chi connectivity index (χ0) is 19.7. The first-order chi connectivity index (χ1) is 13.5. The van der Waals surface area contributed by atoms with Crippen molar-refractivity contribution in [3.05, 3.63) is 85.5 Å². The number of hydrogen-bond donors (Lipinski definition) is 0. The molecule has 0 bridgehead atoms. The molecule has 4 rings (SSSR count). The molecular formula is C21H13ClINO3S. The van der Waals surface area contributed by atoms with Crippen LogP contribution >= 0.6 is 46.0 Å². The van der Waals surface area contributed by atoms with E-state index in [4.69, 9.17) is 16.0 Å². The van der Waals surface area contributed by atoms with E-state index in [1.165, 1.54) is 4.90 Å². The number of carbonyl (C=O) groups is 2. The average Bonchev–Trinajstić information content (AvgIpc) is 3.24. The number of carbonyl (C=O) groups excluding carboxylic acids is 2. The summed E-state index contributed by atoms with van der Waals surface area (Å²) in [6, 6.07) is 18.8. The molecule has 28 heavy (non-hydrogen) atoms. The van der Waals surface area contributed by atoms with Crippen LogP contribution in [0.25, 0.3) is 17.4 Å². The maximum Gasteiger partial charge on any atom is 0.293 e. The molecule has 2 aromatic carbocycles. The van der Waals surface area contributed by atoms with Crippen LogP contribution in [0.5, 0.6) is 0 Å². The van der Waals surface area contributed by atoms with Crippen LogP contribution in [-0.2, 0) is 11.3 Å². The number of hydrogen-bond acceptors (Lipinski definition) is 4. The van der Waals surface area contributed by atoms with Crippen molar-refractivity contribution in [2.75, 3.05) is 0 Å². The summed E-state index contributed by atoms with van der Waals surface area (Å²) < 4.78 is 6.97. The van der Waals surface area contributed by atoms with Crippen LogP contribution in [-0.4, -0.2) is 16.0 Å². The van der Waals surface area contributed by atoms with Crippen molar-refractivity contribution in [1.82, 2.24) is 4.90 Å². The smallest absolute Gasteiger partial charge is 0.293 e. The maximum absolute atomic E-state index is 12.7. The summed E-state index contributed by atoms with van der Waals surface area (Å²) in [6.45, 7) is 0.147. The van der Waals surface area contributed by atoms with Gasteiger partial charge in [-0.05, 0) is 70.2 Å². The van der Waals surface area contributed by atoms with Crippen molar-refractivity contribution in [3.63, 3.8) is 0 Å². The number of benzene rings is 2. The highest BCUT2D eigenvalue weighted by atomic mass is 127. The molecule has 3 aromatic rings. The van der Waals surface area contributed by atoms with Gasteiger partial charge in [-0.1, -0.05) is 41.9 Å². The summed E-state index contributed by atoms with van der Waals surface area (Å²) in [4.78, 5) is 26.5. The Labute approximate surface area is 184 Å². The summed E-state index contributed by atoms with van der Waals surface area (Å²) in [5.74, 6) is 0.886. The number of furan rings is 1. The monoisotopic (exact) mass is 521 g/mol. The average molecular weight is 522 g/mol. The van der Waals surface area contributed by atoms with Crippen molar-refractivity contribution in [1.29, 1.82) is 0 Å². The van der Waals surface area contributed by atoms with E-state index in [1.807, 2.05) is 42.5 Å². The van der Waals surface area contributed by atoms with E-state index < -0.39 is 0 Å². The highest BCUT2D eigenvalue weighted by Gasteiger charge is 2.35. The van der Waals surface area contributed by atoms with Gasteiger partial charge in [-0.25, -0.2) is 0 Å². The third kappa shape index (κ3) is 4.04. The zero-order valence-corrected chi connectivity index (χ0v) is 18.1. The third-order valence-corrected chi connectivity index (χ3v) is 6.18. The molecule has 0 unspecified atom stereocenters. The second-order valence-corrected chi connectivity index (χ2v) is 8.71. The van der Waals surface area contributed by atoms with Crippen LogP contribution < -0.4 is 0 Å². The van der Waals surface area contributed by atoms with Crippen LogP contribution in [0.4, 0.5) is 4.79 Å². The number of amides is 2. The van der Waals surface area contributed by atoms with Crippen LogP contribution in [0, 0.1) is 3.57 Å². The summed E-state index contributed by atoms with van der Waals surface area (Å²) >= 11 is 9.30. The van der Waals surface area contributed by atoms with Gasteiger partial charge in [0.15, 0.2) is 0 Å². The molecule has 1 aliphatic rings. The van der Waals surface area contributed by atoms with Gasteiger partial charge in [0, 0.05) is 20.2 Å². The molecule has 1 fully saturated rings. The molecule has 0 spiro atoms. The minimum Gasteiger partial charge on any atom is -0.457 e. The number of thioether (sulfide) groups is 1. The van der Waals surface area contributed by atoms with Gasteiger partial charge in [0.05, 0.1) is 11.4 Å². The van der Waals surface area contributed by atoms with Gasteiger partial charge in [0.25, 0.3) is 11.1 Å². The van der Waals surface area contributed by atoms with Crippen molar-refractivity contribution < 1.29 is 14.0 Å². The molecular weight excluding hydrogens is 509 g/mol. The Morgan fingerprint density at radius 1 is 1.04 bits per heavy atom. The molecule has 1 aromatic heterocycles. The zero-order valence-electron chi connectivity index (χ0n) is 14.4. The van der Waals surface area contributed by atoms with E-state index in [0.717, 1.165) is 26.5 Å². The normalized spacial score (nSPS) is 15.6. The SMILES string of the molecule is O=C1S/C(=C\c2ccc(-c3ccc(I)cc3)o2)C(=O)N1Cc1ccccc1Cl. The number of halogens is 2. The molecule has 0 atom stereocenters. The molecule has 0 N–H and O–H groups in total. The molecule has 2 heterocycles. The van der Waals surface area contributed by atoms with Gasteiger partial charge in [0.1, 0.15) is 11.5 Å². The maximum atomic E-state index is 12.7. The fourth-order valence-electron chi connectivity index (χ4n) is 2.76. The van der Waals surface area contributed by atoms with Crippen molar-refractivity contribution in [2.24, 2.45) is 0 Å². The van der Waals surface area contributed by atoms with Crippen LogP contribution in [0.3, 0.4) is 0 Å². The molecule has 4 nitrogen and oxygen atoms in total. The van der Waals surface area contributed by atoms with Gasteiger partial charge in [-0.15, -0.1) is 0 Å². The predicted octanol–water partition coefficient (Wildman–Crippen LogP) is 6.44. The second kappa shape index (κ2) is 8.14.